The van der Waals surface area contributed by atoms with Crippen molar-refractivity contribution in [3.8, 4) is 0 Å². The topological polar surface area (TPSA) is 64.6 Å². The van der Waals surface area contributed by atoms with Crippen LogP contribution < -0.4 is 5.32 Å². The lowest BCUT2D eigenvalue weighted by atomic mass is 10.0. The van der Waals surface area contributed by atoms with Gasteiger partial charge in [-0.2, -0.15) is 0 Å². The molecule has 1 aliphatic heterocycles. The highest BCUT2D eigenvalue weighted by molar-refractivity contribution is 6.21. The third kappa shape index (κ3) is 2.56. The molecule has 0 bridgehead atoms. The van der Waals surface area contributed by atoms with Gasteiger partial charge in [-0.25, -0.2) is 9.59 Å². The number of cyclic esters (lactones) is 1. The average Bonchev–Trinajstić information content (AvgIpc) is 2.84. The fourth-order valence-corrected chi connectivity index (χ4v) is 1.99. The maximum absolute atomic E-state index is 11.3. The Kier molecular flexibility index (Phi) is 3.72. The van der Waals surface area contributed by atoms with Crippen molar-refractivity contribution < 1.29 is 19.1 Å². The maximum atomic E-state index is 11.3. The first kappa shape index (κ1) is 12.7. The van der Waals surface area contributed by atoms with E-state index < -0.39 is 17.4 Å². The number of alkyl halides is 1. The van der Waals surface area contributed by atoms with Gasteiger partial charge in [0, 0.05) is 0 Å². The summed E-state index contributed by atoms with van der Waals surface area (Å²) in [6.07, 6.45) is -0.461. The Hall–Kier alpha value is -1.75. The number of rotatable bonds is 3. The third-order valence-corrected chi connectivity index (χ3v) is 3.26. The summed E-state index contributed by atoms with van der Waals surface area (Å²) in [6.45, 7) is 0.242. The van der Waals surface area contributed by atoms with Crippen LogP contribution in [0, 0.1) is 0 Å². The van der Waals surface area contributed by atoms with Crippen LogP contribution in [0.1, 0.15) is 21.3 Å². The molecule has 2 rings (SSSR count). The molecule has 18 heavy (non-hydrogen) atoms. The van der Waals surface area contributed by atoms with E-state index in [0.29, 0.717) is 5.56 Å². The predicted molar refractivity (Wildman–Crippen MR) is 64.6 cm³/mol. The second kappa shape index (κ2) is 5.27. The number of ether oxygens (including phenoxy) is 2. The number of methoxy groups -OCH3 is 1. The van der Waals surface area contributed by atoms with Gasteiger partial charge in [-0.3, -0.25) is 0 Å². The fraction of sp³-hybridized carbons (Fsp3) is 0.333. The highest BCUT2D eigenvalue weighted by Gasteiger charge is 2.29. The Bertz CT molecular complexity index is 460. The minimum Gasteiger partial charge on any atom is -0.465 e. The summed E-state index contributed by atoms with van der Waals surface area (Å²) in [5.41, 5.74) is 1.26. The van der Waals surface area contributed by atoms with Gasteiger partial charge < -0.3 is 14.8 Å². The van der Waals surface area contributed by atoms with Gasteiger partial charge in [0.2, 0.25) is 0 Å². The highest BCUT2D eigenvalue weighted by Crippen LogP contribution is 2.26. The number of carbonyl (C=O) groups is 2. The zero-order chi connectivity index (χ0) is 13.1. The van der Waals surface area contributed by atoms with Crippen molar-refractivity contribution in [3.05, 3.63) is 35.4 Å². The number of nitrogens with one attached hydrogen (secondary N) is 1. The third-order valence-electron chi connectivity index (χ3n) is 2.70. The molecule has 1 heterocycles. The van der Waals surface area contributed by atoms with Crippen LogP contribution >= 0.6 is 11.6 Å². The summed E-state index contributed by atoms with van der Waals surface area (Å²) in [5.74, 6) is -0.398. The SMILES string of the molecule is COC(=O)c1ccc([C@H](Cl)[C@H]2COC(=O)N2)cc1. The lowest BCUT2D eigenvalue weighted by Gasteiger charge is -2.15. The number of alkyl carbamates (subject to hydrolysis) is 1. The van der Waals surface area contributed by atoms with E-state index in [-0.39, 0.29) is 12.6 Å². The maximum Gasteiger partial charge on any atom is 0.407 e. The minimum atomic E-state index is -0.461. The molecule has 0 aromatic heterocycles. The Morgan fingerprint density at radius 3 is 2.67 bits per heavy atom. The molecule has 1 N–H and O–H groups in total. The normalized spacial score (nSPS) is 19.9. The van der Waals surface area contributed by atoms with Gasteiger partial charge in [-0.1, -0.05) is 12.1 Å². The largest absolute Gasteiger partial charge is 0.465 e. The molecule has 0 unspecified atom stereocenters. The monoisotopic (exact) mass is 269 g/mol. The number of hydrogen-bond acceptors (Lipinski definition) is 4. The van der Waals surface area contributed by atoms with Gasteiger partial charge in [0.25, 0.3) is 0 Å². The average molecular weight is 270 g/mol. The molecule has 1 saturated heterocycles. The van der Waals surface area contributed by atoms with Crippen molar-refractivity contribution in [1.82, 2.24) is 5.32 Å². The molecule has 1 fully saturated rings. The molecule has 2 atom stereocenters. The van der Waals surface area contributed by atoms with Gasteiger partial charge in [-0.15, -0.1) is 11.6 Å². The van der Waals surface area contributed by atoms with Gasteiger partial charge in [-0.05, 0) is 17.7 Å². The molecule has 6 heteroatoms. The van der Waals surface area contributed by atoms with E-state index in [1.807, 2.05) is 0 Å². The molecular formula is C12H12ClNO4. The smallest absolute Gasteiger partial charge is 0.407 e. The van der Waals surface area contributed by atoms with Crippen molar-refractivity contribution in [2.45, 2.75) is 11.4 Å². The molecule has 0 radical (unpaired) electrons. The van der Waals surface area contributed by atoms with E-state index >= 15 is 0 Å². The van der Waals surface area contributed by atoms with Crippen molar-refractivity contribution in [1.29, 1.82) is 0 Å². The molecule has 0 aliphatic carbocycles. The summed E-state index contributed by atoms with van der Waals surface area (Å²) in [6, 6.07) is 6.47. The van der Waals surface area contributed by atoms with E-state index in [2.05, 4.69) is 10.1 Å². The number of esters is 1. The molecular weight excluding hydrogens is 258 g/mol. The summed E-state index contributed by atoms with van der Waals surface area (Å²) in [7, 11) is 1.33. The zero-order valence-corrected chi connectivity index (χ0v) is 10.4. The summed E-state index contributed by atoms with van der Waals surface area (Å²) >= 11 is 6.23. The lowest BCUT2D eigenvalue weighted by Crippen LogP contribution is -2.30. The molecule has 5 nitrogen and oxygen atoms in total. The number of benzene rings is 1. The Morgan fingerprint density at radius 1 is 1.50 bits per heavy atom. The number of halogens is 1. The molecule has 1 amide bonds. The van der Waals surface area contributed by atoms with Crippen molar-refractivity contribution in [2.24, 2.45) is 0 Å². The van der Waals surface area contributed by atoms with Crippen LogP contribution in [0.4, 0.5) is 4.79 Å². The fourth-order valence-electron chi connectivity index (χ4n) is 1.71. The van der Waals surface area contributed by atoms with E-state index in [1.165, 1.54) is 7.11 Å². The van der Waals surface area contributed by atoms with E-state index in [4.69, 9.17) is 16.3 Å². The number of amides is 1. The Balaban J connectivity index is 2.09. The number of hydrogen-bond donors (Lipinski definition) is 1. The number of carbonyl (C=O) groups excluding carboxylic acids is 2. The molecule has 1 aliphatic rings. The van der Waals surface area contributed by atoms with Gasteiger partial charge in [0.15, 0.2) is 0 Å². The Labute approximate surface area is 109 Å². The van der Waals surface area contributed by atoms with Crippen LogP contribution in [0.25, 0.3) is 0 Å². The molecule has 1 aromatic carbocycles. The first-order valence-electron chi connectivity index (χ1n) is 5.37. The highest BCUT2D eigenvalue weighted by atomic mass is 35.5. The second-order valence-corrected chi connectivity index (χ2v) is 4.33. The molecule has 96 valence electrons. The summed E-state index contributed by atoms with van der Waals surface area (Å²) in [5, 5.41) is 2.22. The van der Waals surface area contributed by atoms with Crippen LogP contribution in [0.2, 0.25) is 0 Å². The lowest BCUT2D eigenvalue weighted by molar-refractivity contribution is 0.0600. The van der Waals surface area contributed by atoms with Crippen LogP contribution in [0.5, 0.6) is 0 Å². The zero-order valence-electron chi connectivity index (χ0n) is 9.68. The van der Waals surface area contributed by atoms with Crippen molar-refractivity contribution in [2.75, 3.05) is 13.7 Å². The Morgan fingerprint density at radius 2 is 2.17 bits per heavy atom. The van der Waals surface area contributed by atoms with Crippen molar-refractivity contribution >= 4 is 23.7 Å². The molecule has 1 aromatic rings. The predicted octanol–water partition coefficient (Wildman–Crippen LogP) is 1.86. The quantitative estimate of drug-likeness (QED) is 0.672. The minimum absolute atomic E-state index is 0.242. The van der Waals surface area contributed by atoms with E-state index in [0.717, 1.165) is 5.56 Å². The van der Waals surface area contributed by atoms with Gasteiger partial charge >= 0.3 is 12.1 Å². The summed E-state index contributed by atoms with van der Waals surface area (Å²) < 4.78 is 9.38. The van der Waals surface area contributed by atoms with Gasteiger partial charge in [0.1, 0.15) is 6.61 Å². The first-order chi connectivity index (χ1) is 8.61. The van der Waals surface area contributed by atoms with Gasteiger partial charge in [0.05, 0.1) is 24.1 Å². The van der Waals surface area contributed by atoms with Crippen LogP contribution in [0.3, 0.4) is 0 Å². The van der Waals surface area contributed by atoms with Crippen molar-refractivity contribution in [3.63, 3.8) is 0 Å². The van der Waals surface area contributed by atoms with Crippen LogP contribution in [0.15, 0.2) is 24.3 Å². The molecule has 0 spiro atoms. The van der Waals surface area contributed by atoms with Crippen LogP contribution in [-0.2, 0) is 9.47 Å². The summed E-state index contributed by atoms with van der Waals surface area (Å²) in [4.78, 5) is 22.2. The van der Waals surface area contributed by atoms with Crippen LogP contribution in [-0.4, -0.2) is 31.8 Å². The van der Waals surface area contributed by atoms with E-state index in [9.17, 15) is 9.59 Å². The second-order valence-electron chi connectivity index (χ2n) is 3.86. The van der Waals surface area contributed by atoms with E-state index in [1.54, 1.807) is 24.3 Å². The standard InChI is InChI=1S/C12H12ClNO4/c1-17-11(15)8-4-2-7(3-5-8)10(13)9-6-18-12(16)14-9/h2-5,9-10H,6H2,1H3,(H,14,16)/t9-,10+/m1/s1. The molecule has 0 saturated carbocycles. The first-order valence-corrected chi connectivity index (χ1v) is 5.81.